The Morgan fingerprint density at radius 3 is 2.65 bits per heavy atom. The molecule has 0 unspecified atom stereocenters. The molecule has 0 saturated carbocycles. The maximum Gasteiger partial charge on any atom is 0.143 e. The summed E-state index contributed by atoms with van der Waals surface area (Å²) in [4.78, 5) is 0. The molecule has 2 aromatic carbocycles. The van der Waals surface area contributed by atoms with Gasteiger partial charge in [-0.2, -0.15) is 0 Å². The van der Waals surface area contributed by atoms with E-state index in [9.17, 15) is 0 Å². The molecular formula is C14H12BrClO. The fourth-order valence-electron chi connectivity index (χ4n) is 1.57. The molecule has 0 heterocycles. The van der Waals surface area contributed by atoms with E-state index < -0.39 is 0 Å². The first kappa shape index (κ1) is 12.5. The average Bonchev–Trinajstić information content (AvgIpc) is 2.34. The van der Waals surface area contributed by atoms with Crippen LogP contribution in [0.15, 0.2) is 46.9 Å². The Morgan fingerprint density at radius 2 is 1.88 bits per heavy atom. The van der Waals surface area contributed by atoms with E-state index in [1.807, 2.05) is 30.3 Å². The van der Waals surface area contributed by atoms with E-state index in [1.165, 1.54) is 5.56 Å². The molecule has 0 saturated heterocycles. The van der Waals surface area contributed by atoms with Gasteiger partial charge in [-0.1, -0.05) is 36.7 Å². The fraction of sp³-hybridized carbons (Fsp3) is 0.143. The van der Waals surface area contributed by atoms with Gasteiger partial charge in [-0.05, 0) is 46.1 Å². The van der Waals surface area contributed by atoms with Gasteiger partial charge in [0.05, 0.1) is 4.47 Å². The van der Waals surface area contributed by atoms with Crippen LogP contribution in [0.5, 0.6) is 11.5 Å². The van der Waals surface area contributed by atoms with E-state index in [2.05, 4.69) is 28.9 Å². The smallest absolute Gasteiger partial charge is 0.143 e. The number of hydrogen-bond donors (Lipinski definition) is 0. The van der Waals surface area contributed by atoms with Gasteiger partial charge < -0.3 is 4.74 Å². The van der Waals surface area contributed by atoms with Crippen LogP contribution in [0.25, 0.3) is 0 Å². The third kappa shape index (κ3) is 3.02. The molecule has 0 aliphatic heterocycles. The van der Waals surface area contributed by atoms with E-state index >= 15 is 0 Å². The molecule has 17 heavy (non-hydrogen) atoms. The molecule has 0 aliphatic carbocycles. The Hall–Kier alpha value is -0.990. The van der Waals surface area contributed by atoms with Crippen LogP contribution in [0.2, 0.25) is 5.02 Å². The highest BCUT2D eigenvalue weighted by atomic mass is 79.9. The monoisotopic (exact) mass is 310 g/mol. The van der Waals surface area contributed by atoms with E-state index in [4.69, 9.17) is 16.3 Å². The molecule has 88 valence electrons. The Labute approximate surface area is 115 Å². The summed E-state index contributed by atoms with van der Waals surface area (Å²) >= 11 is 9.41. The number of ether oxygens (including phenoxy) is 1. The van der Waals surface area contributed by atoms with Crippen molar-refractivity contribution in [2.45, 2.75) is 13.3 Å². The summed E-state index contributed by atoms with van der Waals surface area (Å²) in [7, 11) is 0. The van der Waals surface area contributed by atoms with Crippen LogP contribution >= 0.6 is 27.5 Å². The lowest BCUT2D eigenvalue weighted by Gasteiger charge is -2.11. The number of rotatable bonds is 3. The van der Waals surface area contributed by atoms with Crippen LogP contribution in [0.4, 0.5) is 0 Å². The highest BCUT2D eigenvalue weighted by molar-refractivity contribution is 9.10. The second-order valence-electron chi connectivity index (χ2n) is 3.64. The molecule has 3 heteroatoms. The molecule has 1 nitrogen and oxygen atoms in total. The Balaban J connectivity index is 2.34. The van der Waals surface area contributed by atoms with Crippen LogP contribution < -0.4 is 4.74 Å². The summed E-state index contributed by atoms with van der Waals surface area (Å²) in [6.07, 6.45) is 0.939. The molecule has 0 spiro atoms. The van der Waals surface area contributed by atoms with Crippen molar-refractivity contribution in [3.8, 4) is 11.5 Å². The first-order valence-corrected chi connectivity index (χ1v) is 6.58. The SMILES string of the molecule is CCc1ccccc1Oc1cc(Cl)ccc1Br. The molecule has 0 aliphatic rings. The summed E-state index contributed by atoms with van der Waals surface area (Å²) in [6, 6.07) is 13.5. The number of hydrogen-bond acceptors (Lipinski definition) is 1. The van der Waals surface area contributed by atoms with Gasteiger partial charge in [0, 0.05) is 11.1 Å². The zero-order valence-corrected chi connectivity index (χ0v) is 11.8. The molecular weight excluding hydrogens is 300 g/mol. The first-order chi connectivity index (χ1) is 8.20. The second-order valence-corrected chi connectivity index (χ2v) is 4.93. The normalized spacial score (nSPS) is 10.3. The third-order valence-electron chi connectivity index (χ3n) is 2.47. The summed E-state index contributed by atoms with van der Waals surface area (Å²) in [5.74, 6) is 1.61. The number of halogens is 2. The lowest BCUT2D eigenvalue weighted by Crippen LogP contribution is -1.90. The van der Waals surface area contributed by atoms with Gasteiger partial charge in [0.15, 0.2) is 0 Å². The van der Waals surface area contributed by atoms with Gasteiger partial charge >= 0.3 is 0 Å². The van der Waals surface area contributed by atoms with Crippen molar-refractivity contribution >= 4 is 27.5 Å². The minimum absolute atomic E-state index is 0.664. The maximum absolute atomic E-state index is 5.96. The Kier molecular flexibility index (Phi) is 4.08. The molecule has 0 amide bonds. The van der Waals surface area contributed by atoms with Crippen molar-refractivity contribution in [1.82, 2.24) is 0 Å². The maximum atomic E-state index is 5.96. The van der Waals surface area contributed by atoms with Crippen molar-refractivity contribution in [1.29, 1.82) is 0 Å². The number of benzene rings is 2. The topological polar surface area (TPSA) is 9.23 Å². The molecule has 0 bridgehead atoms. The van der Waals surface area contributed by atoms with E-state index in [0.29, 0.717) is 5.02 Å². The van der Waals surface area contributed by atoms with E-state index in [1.54, 1.807) is 6.07 Å². The van der Waals surface area contributed by atoms with Gasteiger partial charge in [0.25, 0.3) is 0 Å². The minimum Gasteiger partial charge on any atom is -0.456 e. The van der Waals surface area contributed by atoms with Gasteiger partial charge in [0.2, 0.25) is 0 Å². The van der Waals surface area contributed by atoms with E-state index in [0.717, 1.165) is 22.4 Å². The van der Waals surface area contributed by atoms with Crippen LogP contribution in [0, 0.1) is 0 Å². The van der Waals surface area contributed by atoms with Crippen LogP contribution in [-0.2, 0) is 6.42 Å². The highest BCUT2D eigenvalue weighted by Crippen LogP contribution is 2.33. The second kappa shape index (κ2) is 5.56. The number of para-hydroxylation sites is 1. The summed E-state index contributed by atoms with van der Waals surface area (Å²) < 4.78 is 6.78. The molecule has 0 aromatic heterocycles. The average molecular weight is 312 g/mol. The van der Waals surface area contributed by atoms with Gasteiger partial charge in [-0.3, -0.25) is 0 Å². The summed E-state index contributed by atoms with van der Waals surface area (Å²) in [5, 5.41) is 0.664. The lowest BCUT2D eigenvalue weighted by atomic mass is 10.1. The van der Waals surface area contributed by atoms with Crippen molar-refractivity contribution in [2.75, 3.05) is 0 Å². The predicted octanol–water partition coefficient (Wildman–Crippen LogP) is 5.46. The van der Waals surface area contributed by atoms with Crippen molar-refractivity contribution in [3.63, 3.8) is 0 Å². The van der Waals surface area contributed by atoms with Gasteiger partial charge in [0.1, 0.15) is 11.5 Å². The van der Waals surface area contributed by atoms with Crippen molar-refractivity contribution in [2.24, 2.45) is 0 Å². The van der Waals surface area contributed by atoms with Crippen molar-refractivity contribution in [3.05, 3.63) is 57.5 Å². The zero-order valence-electron chi connectivity index (χ0n) is 9.41. The Bertz CT molecular complexity index is 525. The van der Waals surface area contributed by atoms with Crippen molar-refractivity contribution < 1.29 is 4.74 Å². The number of aryl methyl sites for hydroxylation is 1. The fourth-order valence-corrected chi connectivity index (χ4v) is 2.06. The molecule has 2 rings (SSSR count). The molecule has 0 N–H and O–H groups in total. The summed E-state index contributed by atoms with van der Waals surface area (Å²) in [6.45, 7) is 2.11. The largest absolute Gasteiger partial charge is 0.456 e. The zero-order chi connectivity index (χ0) is 12.3. The molecule has 0 fully saturated rings. The predicted molar refractivity (Wildman–Crippen MR) is 75.0 cm³/mol. The first-order valence-electron chi connectivity index (χ1n) is 5.41. The van der Waals surface area contributed by atoms with Crippen LogP contribution in [0.1, 0.15) is 12.5 Å². The van der Waals surface area contributed by atoms with Crippen LogP contribution in [-0.4, -0.2) is 0 Å². The van der Waals surface area contributed by atoms with E-state index in [-0.39, 0.29) is 0 Å². The van der Waals surface area contributed by atoms with Gasteiger partial charge in [-0.15, -0.1) is 0 Å². The van der Waals surface area contributed by atoms with Crippen LogP contribution in [0.3, 0.4) is 0 Å². The lowest BCUT2D eigenvalue weighted by molar-refractivity contribution is 0.474. The quantitative estimate of drug-likeness (QED) is 0.731. The third-order valence-corrected chi connectivity index (χ3v) is 3.36. The molecule has 0 radical (unpaired) electrons. The molecule has 2 aromatic rings. The molecule has 0 atom stereocenters. The van der Waals surface area contributed by atoms with Gasteiger partial charge in [-0.25, -0.2) is 0 Å². The standard InChI is InChI=1S/C14H12BrClO/c1-2-10-5-3-4-6-13(10)17-14-9-11(16)7-8-12(14)15/h3-9H,2H2,1H3. The Morgan fingerprint density at radius 1 is 1.12 bits per heavy atom. The summed E-state index contributed by atoms with van der Waals surface area (Å²) in [5.41, 5.74) is 1.18. The minimum atomic E-state index is 0.664. The highest BCUT2D eigenvalue weighted by Gasteiger charge is 2.06.